The minimum atomic E-state index is -0.643. The van der Waals surface area contributed by atoms with Crippen molar-refractivity contribution in [2.24, 2.45) is 0 Å². The monoisotopic (exact) mass is 2000 g/mol. The summed E-state index contributed by atoms with van der Waals surface area (Å²) < 4.78 is 70.9. The van der Waals surface area contributed by atoms with Crippen LogP contribution in [-0.4, -0.2) is 63.6 Å². The van der Waals surface area contributed by atoms with Crippen LogP contribution in [0, 0.1) is 118 Å². The second-order valence-corrected chi connectivity index (χ2v) is 37.0. The average Bonchev–Trinajstić information content (AvgIpc) is 0.867. The Labute approximate surface area is 882 Å². The van der Waals surface area contributed by atoms with Gasteiger partial charge in [0.25, 0.3) is 0 Å². The predicted molar refractivity (Wildman–Crippen MR) is 598 cm³/mol. The number of aryl methyl sites for hydroxylation is 17. The van der Waals surface area contributed by atoms with E-state index in [-0.39, 0.29) is 13.6 Å². The van der Waals surface area contributed by atoms with Crippen LogP contribution in [0.15, 0.2) is 370 Å². The van der Waals surface area contributed by atoms with Crippen LogP contribution in [0.3, 0.4) is 0 Å². The molecule has 772 valence electrons. The third-order valence-corrected chi connectivity index (χ3v) is 23.6. The molecule has 1 saturated carbocycles. The van der Waals surface area contributed by atoms with Gasteiger partial charge in [-0.05, 0) is 372 Å². The second-order valence-electron chi connectivity index (χ2n) is 37.0. The average molecular weight is 2000 g/mol. The molecule has 0 saturated heterocycles. The summed E-state index contributed by atoms with van der Waals surface area (Å²) in [5, 5.41) is 0. The van der Waals surface area contributed by atoms with Gasteiger partial charge in [0.05, 0.1) is 30.4 Å². The molecule has 1 aliphatic rings. The van der Waals surface area contributed by atoms with Gasteiger partial charge in [-0.25, -0.2) is 9.59 Å². The van der Waals surface area contributed by atoms with Crippen LogP contribution in [0.25, 0.3) is 0 Å². The Morgan fingerprint density at radius 2 is 0.497 bits per heavy atom. The summed E-state index contributed by atoms with van der Waals surface area (Å²) in [5.41, 5.74) is 25.7. The third kappa shape index (κ3) is 43.0. The molecule has 16 aromatic rings. The van der Waals surface area contributed by atoms with E-state index in [0.717, 1.165) is 106 Å². The van der Waals surface area contributed by atoms with Gasteiger partial charge < -0.3 is 61.6 Å². The second kappa shape index (κ2) is 61.1. The number of rotatable bonds is 29. The maximum Gasteiger partial charge on any atom is 0.340 e. The van der Waals surface area contributed by atoms with Crippen molar-refractivity contribution in [1.29, 1.82) is 0 Å². The lowest BCUT2D eigenvalue weighted by Gasteiger charge is -2.29. The first kappa shape index (κ1) is 115. The maximum absolute atomic E-state index is 11.7. The molecule has 0 unspecified atom stereocenters. The minimum absolute atomic E-state index is 0.107. The van der Waals surface area contributed by atoms with Crippen LogP contribution in [0.1, 0.15) is 184 Å². The van der Waals surface area contributed by atoms with E-state index in [1.165, 1.54) is 102 Å². The number of hydrogen-bond acceptors (Lipinski definition) is 17. The van der Waals surface area contributed by atoms with E-state index < -0.39 is 37.1 Å². The van der Waals surface area contributed by atoms with Crippen molar-refractivity contribution < 1.29 is 80.8 Å². The Kier molecular flexibility index (Phi) is 47.0. The zero-order chi connectivity index (χ0) is 107. The molecule has 17 nitrogen and oxygen atoms in total. The molecule has 17 heteroatoms. The van der Waals surface area contributed by atoms with E-state index in [4.69, 9.17) is 61.6 Å². The van der Waals surface area contributed by atoms with Gasteiger partial charge in [0, 0.05) is 0 Å². The lowest BCUT2D eigenvalue weighted by molar-refractivity contribution is -0.144. The minimum Gasteiger partial charge on any atom is -0.494 e. The first-order valence-corrected chi connectivity index (χ1v) is 50.5. The van der Waals surface area contributed by atoms with E-state index in [1.807, 2.05) is 269 Å². The molecule has 0 spiro atoms. The van der Waals surface area contributed by atoms with Gasteiger partial charge in [0.2, 0.25) is 20.4 Å². The van der Waals surface area contributed by atoms with Crippen LogP contribution in [0.5, 0.6) is 74.7 Å². The number of hydrogen-bond donors (Lipinski definition) is 0. The van der Waals surface area contributed by atoms with E-state index >= 15 is 0 Å². The molecule has 0 N–H and O–H groups in total. The number of carbonyl (C=O) groups is 4. The zero-order valence-electron chi connectivity index (χ0n) is 89.6. The van der Waals surface area contributed by atoms with Gasteiger partial charge in [-0.3, -0.25) is 9.59 Å². The summed E-state index contributed by atoms with van der Waals surface area (Å²) in [4.78, 5) is 46.7. The summed E-state index contributed by atoms with van der Waals surface area (Å²) in [5.74, 6) is 8.43. The van der Waals surface area contributed by atoms with Gasteiger partial charge in [-0.2, -0.15) is 0 Å². The highest BCUT2D eigenvalue weighted by Gasteiger charge is 2.25. The van der Waals surface area contributed by atoms with Gasteiger partial charge in [0.1, 0.15) is 81.2 Å². The molecule has 0 heterocycles. The topological polar surface area (TPSA) is 188 Å². The van der Waals surface area contributed by atoms with Crippen LogP contribution < -0.4 is 52.1 Å². The summed E-state index contributed by atoms with van der Waals surface area (Å²) in [6, 6.07) is 120. The Morgan fingerprint density at radius 1 is 0.235 bits per heavy atom. The summed E-state index contributed by atoms with van der Waals surface area (Å²) >= 11 is 0. The van der Waals surface area contributed by atoms with Crippen molar-refractivity contribution in [3.8, 4) is 74.7 Å². The molecular weight excluding hydrogens is 1860 g/mol. The maximum atomic E-state index is 11.7. The summed E-state index contributed by atoms with van der Waals surface area (Å²) in [7, 11) is 0. The number of carbonyl (C=O) groups excluding carboxylic acids is 4. The smallest absolute Gasteiger partial charge is 0.340 e. The standard InChI is InChI=1S/C27H24O4.C21H26O.2C17H16O4.C15H16O2.C15H16.2C10H14O/c1-20-3-7-24(8-4-20)30-26-15-11-22(12-16-26)28-19-29-23-13-17-27(18-14-23)31-25-9-5-21(2)6-10-25;1-15-4-7-18(8-5-15)19-9-11-20(12-10-19)22-21-13-6-16(2)14-17(21)3;1-12-3-7-14(8-4-12)16(18)20-11-21-17(19)15-9-5-13(2)6-10-15;1-12-3-7-14(8-4-12)20-16(18)11-17(19)21-15-9-5-13(2)6-10-15;1-12-3-7-14(8-4-12)16-11-17-15-9-5-13(2)6-10-15;1-12-3-7-14(8-4-12)11-15-9-5-13(2)6-10-15;1-4-11-10-6-5-8(2)7-9(10)3;1-4-11-10-7-8(2)5-6-9(10)3/h3-18H,19H2,1-2H3;4-8,13-14,19-20H,9-12H2,1-3H3;2*3-10H,11H2,1-2H3;3-10H,11H2,1-2H3;3-10H,11H2,1-2H3;2*5-7H,4H2,1-3H3. The van der Waals surface area contributed by atoms with Crippen molar-refractivity contribution in [2.45, 2.75) is 182 Å². The molecule has 1 aliphatic carbocycles. The molecule has 0 amide bonds. The summed E-state index contributed by atoms with van der Waals surface area (Å²) in [6.07, 6.45) is 5.76. The first-order chi connectivity index (χ1) is 71.8. The van der Waals surface area contributed by atoms with Crippen molar-refractivity contribution in [2.75, 3.05) is 33.6 Å². The normalized spacial score (nSPS) is 11.8. The lowest BCUT2D eigenvalue weighted by atomic mass is 9.82. The van der Waals surface area contributed by atoms with Crippen molar-refractivity contribution in [3.63, 3.8) is 0 Å². The quantitative estimate of drug-likeness (QED) is 0.0186. The Hall–Kier alpha value is -16.4. The fourth-order valence-corrected chi connectivity index (χ4v) is 14.9. The van der Waals surface area contributed by atoms with Gasteiger partial charge in [-0.1, -0.05) is 279 Å². The highest BCUT2D eigenvalue weighted by Crippen LogP contribution is 2.37. The lowest BCUT2D eigenvalue weighted by Crippen LogP contribution is -2.23. The molecule has 0 bridgehead atoms. The molecule has 0 radical (unpaired) electrons. The fourth-order valence-electron chi connectivity index (χ4n) is 14.9. The van der Waals surface area contributed by atoms with E-state index in [9.17, 15) is 19.2 Å². The Balaban J connectivity index is 0.000000178. The first-order valence-electron chi connectivity index (χ1n) is 50.5. The fraction of sp³-hybridized carbons (Fsp3) is 0.242. The third-order valence-electron chi connectivity index (χ3n) is 23.6. The van der Waals surface area contributed by atoms with Crippen molar-refractivity contribution in [1.82, 2.24) is 0 Å². The van der Waals surface area contributed by atoms with Crippen LogP contribution in [0.4, 0.5) is 0 Å². The van der Waals surface area contributed by atoms with E-state index in [0.29, 0.717) is 46.1 Å². The van der Waals surface area contributed by atoms with Crippen molar-refractivity contribution in [3.05, 3.63) is 492 Å². The molecular formula is C132H142O17. The molecule has 0 aliphatic heterocycles. The molecule has 0 atom stereocenters. The summed E-state index contributed by atoms with van der Waals surface area (Å²) in [6.45, 7) is 40.3. The predicted octanol–water partition coefficient (Wildman–Crippen LogP) is 32.5. The van der Waals surface area contributed by atoms with Gasteiger partial charge >= 0.3 is 23.9 Å². The molecule has 149 heavy (non-hydrogen) atoms. The number of esters is 4. The van der Waals surface area contributed by atoms with Crippen LogP contribution >= 0.6 is 0 Å². The van der Waals surface area contributed by atoms with Crippen molar-refractivity contribution >= 4 is 23.9 Å². The zero-order valence-corrected chi connectivity index (χ0v) is 89.6. The number of ether oxygens (including phenoxy) is 13. The molecule has 16 aromatic carbocycles. The van der Waals surface area contributed by atoms with Crippen LogP contribution in [-0.2, 0) is 25.5 Å². The van der Waals surface area contributed by atoms with E-state index in [2.05, 4.69) is 184 Å². The number of benzene rings is 16. The van der Waals surface area contributed by atoms with Crippen LogP contribution in [0.2, 0.25) is 0 Å². The highest BCUT2D eigenvalue weighted by atomic mass is 16.7. The van der Waals surface area contributed by atoms with E-state index in [1.54, 1.807) is 48.5 Å². The molecule has 17 rings (SSSR count). The molecule has 1 fully saturated rings. The molecule has 0 aromatic heterocycles. The Bertz CT molecular complexity index is 6410. The Morgan fingerprint density at radius 3 is 0.826 bits per heavy atom. The SMILES string of the molecule is CCOc1cc(C)ccc1C.CCOc1ccc(C)cc1C.Cc1ccc(C(=O)OCOC(=O)c2ccc(C)cc2)cc1.Cc1ccc(C2CCC(Oc3ccc(C)cc3C)CC2)cc1.Cc1ccc(Cc2ccc(C)cc2)cc1.Cc1ccc(OC(=O)CC(=O)Oc2ccc(C)cc2)cc1.Cc1ccc(OCOc2ccc(C)cc2)cc1.Cc1ccc(Oc2ccc(OCOc3ccc(Oc4ccc(C)cc4)cc3)cc2)cc1. The largest absolute Gasteiger partial charge is 0.494 e. The van der Waals surface area contributed by atoms with Gasteiger partial charge in [-0.15, -0.1) is 0 Å². The van der Waals surface area contributed by atoms with Gasteiger partial charge in [0.15, 0.2) is 0 Å². The highest BCUT2D eigenvalue weighted by molar-refractivity contribution is 5.93.